The van der Waals surface area contributed by atoms with Crippen LogP contribution in [0.3, 0.4) is 0 Å². The Kier molecular flexibility index (Phi) is 32.2. The van der Waals surface area contributed by atoms with Gasteiger partial charge in [0, 0.05) is 120 Å². The van der Waals surface area contributed by atoms with Gasteiger partial charge in [-0.05, 0) is 38.5 Å². The summed E-state index contributed by atoms with van der Waals surface area (Å²) in [7, 11) is 4.67. The highest BCUT2D eigenvalue weighted by Gasteiger charge is 2.38. The van der Waals surface area contributed by atoms with Crippen LogP contribution in [0, 0.1) is 23.7 Å². The number of ether oxygens (including phenoxy) is 9. The van der Waals surface area contributed by atoms with Gasteiger partial charge in [0.1, 0.15) is 39.6 Å². The third kappa shape index (κ3) is 25.9. The molecule has 5 rings (SSSR count). The molecule has 3 aliphatic heterocycles. The Labute approximate surface area is 403 Å². The molecule has 2 aliphatic carbocycles. The van der Waals surface area contributed by atoms with Crippen molar-refractivity contribution in [2.45, 2.75) is 64.2 Å². The fraction of sp³-hybridized carbons (Fsp3) is 0.872. The van der Waals surface area contributed by atoms with Gasteiger partial charge in [-0.2, -0.15) is 0 Å². The lowest BCUT2D eigenvalue weighted by Gasteiger charge is -2.29. The van der Waals surface area contributed by atoms with Crippen LogP contribution in [0.2, 0.25) is 0 Å². The molecule has 3 saturated heterocycles. The van der Waals surface area contributed by atoms with Crippen molar-refractivity contribution in [3.05, 3.63) is 0 Å². The molecule has 3 heterocycles. The molecule has 0 spiro atoms. The zero-order chi connectivity index (χ0) is 49.0. The maximum absolute atomic E-state index is 12.4. The normalized spacial score (nSPS) is 22.5. The Morgan fingerprint density at radius 1 is 0.382 bits per heavy atom. The van der Waals surface area contributed by atoms with E-state index in [0.717, 1.165) is 111 Å². The van der Waals surface area contributed by atoms with Gasteiger partial charge >= 0.3 is 35.8 Å². The Morgan fingerprint density at radius 3 is 1.04 bits per heavy atom. The zero-order valence-electron chi connectivity index (χ0n) is 41.3. The lowest BCUT2D eigenvalue weighted by molar-refractivity contribution is -0.163. The van der Waals surface area contributed by atoms with Crippen LogP contribution in [-0.4, -0.2) is 229 Å². The summed E-state index contributed by atoms with van der Waals surface area (Å²) in [5.41, 5.74) is 0. The molecule has 0 amide bonds. The molecule has 2 saturated carbocycles. The van der Waals surface area contributed by atoms with E-state index in [-0.39, 0.29) is 79.6 Å². The lowest BCUT2D eigenvalue weighted by Crippen LogP contribution is -2.45. The molecule has 3 N–H and O–H groups in total. The molecule has 0 radical (unpaired) electrons. The summed E-state index contributed by atoms with van der Waals surface area (Å²) < 4.78 is 45.7. The summed E-state index contributed by atoms with van der Waals surface area (Å²) in [6.45, 7) is 17.2. The molecule has 21 nitrogen and oxygen atoms in total. The number of piperazine rings is 3. The van der Waals surface area contributed by atoms with E-state index in [0.29, 0.717) is 84.8 Å². The zero-order valence-corrected chi connectivity index (χ0v) is 41.3. The van der Waals surface area contributed by atoms with Crippen molar-refractivity contribution in [3.63, 3.8) is 0 Å². The topological polar surface area (TPSA) is 231 Å². The largest absolute Gasteiger partial charge is 0.464 e. The predicted molar refractivity (Wildman–Crippen MR) is 249 cm³/mol. The Bertz CT molecular complexity index is 1410. The third-order valence-corrected chi connectivity index (χ3v) is 12.5. The molecule has 5 aliphatic rings. The summed E-state index contributed by atoms with van der Waals surface area (Å²) in [4.78, 5) is 78.1. The first-order chi connectivity index (χ1) is 33.1. The maximum atomic E-state index is 12.4. The highest BCUT2D eigenvalue weighted by Crippen LogP contribution is 2.32. The Balaban J connectivity index is 0.000000272. The molecule has 2 unspecified atom stereocenters. The van der Waals surface area contributed by atoms with Crippen LogP contribution in [0.1, 0.15) is 64.2 Å². The van der Waals surface area contributed by atoms with Gasteiger partial charge in [0.05, 0.1) is 56.3 Å². The van der Waals surface area contributed by atoms with Gasteiger partial charge in [-0.25, -0.2) is 0 Å². The number of esters is 6. The van der Waals surface area contributed by atoms with Crippen molar-refractivity contribution < 1.29 is 71.4 Å². The average Bonchev–Trinajstić information content (AvgIpc) is 3.37. The molecule has 68 heavy (non-hydrogen) atoms. The van der Waals surface area contributed by atoms with E-state index in [1.807, 2.05) is 0 Å². The second kappa shape index (κ2) is 37.3. The average molecular weight is 973 g/mol. The fourth-order valence-corrected chi connectivity index (χ4v) is 8.39. The number of methoxy groups -OCH3 is 3. The fourth-order valence-electron chi connectivity index (χ4n) is 8.39. The first kappa shape index (κ1) is 58.8. The molecule has 0 bridgehead atoms. The van der Waals surface area contributed by atoms with Crippen LogP contribution in [0.25, 0.3) is 0 Å². The van der Waals surface area contributed by atoms with Gasteiger partial charge in [-0.1, -0.05) is 12.8 Å². The van der Waals surface area contributed by atoms with E-state index in [1.54, 1.807) is 14.2 Å². The van der Waals surface area contributed by atoms with E-state index in [2.05, 4.69) is 30.7 Å². The molecule has 392 valence electrons. The standard InChI is InChI=1S/2C17H30N2O5.C13H24N2O5/c1-22-12-13-24-17(21)15-4-2-14(3-5-15)16(20)23-11-10-19-8-6-18-7-9-19;1-22-12-13-24-17(21)15-5-3-2-4-14(15)16(20)23-11-10-19-8-6-18-7-9-19;1-18-10-11-20-13(17)3-2-12(16)19-9-8-15-6-4-14-5-7-15/h2*14-15,18H,2-13H2,1H3;14H,2-11H2,1H3. The van der Waals surface area contributed by atoms with E-state index in [4.69, 9.17) is 42.6 Å². The van der Waals surface area contributed by atoms with Gasteiger partial charge in [0.25, 0.3) is 0 Å². The number of carbonyl (C=O) groups is 6. The highest BCUT2D eigenvalue weighted by atomic mass is 16.6. The van der Waals surface area contributed by atoms with Gasteiger partial charge in [-0.15, -0.1) is 0 Å². The highest BCUT2D eigenvalue weighted by molar-refractivity contribution is 5.82. The first-order valence-corrected chi connectivity index (χ1v) is 24.9. The Morgan fingerprint density at radius 2 is 0.676 bits per heavy atom. The third-order valence-electron chi connectivity index (χ3n) is 12.5. The number of hydrogen-bond donors (Lipinski definition) is 3. The quantitative estimate of drug-likeness (QED) is 0.0633. The van der Waals surface area contributed by atoms with Crippen LogP contribution in [0.5, 0.6) is 0 Å². The molecular formula is C47H84N6O15. The maximum Gasteiger partial charge on any atom is 0.309 e. The molecule has 0 aromatic heterocycles. The van der Waals surface area contributed by atoms with Gasteiger partial charge < -0.3 is 58.6 Å². The lowest BCUT2D eigenvalue weighted by atomic mass is 9.79. The van der Waals surface area contributed by atoms with Gasteiger partial charge in [0.2, 0.25) is 0 Å². The first-order valence-electron chi connectivity index (χ1n) is 24.9. The summed E-state index contributed by atoms with van der Waals surface area (Å²) in [5.74, 6) is -2.49. The van der Waals surface area contributed by atoms with Crippen LogP contribution >= 0.6 is 0 Å². The summed E-state index contributed by atoms with van der Waals surface area (Å²) in [5, 5.41) is 9.85. The van der Waals surface area contributed by atoms with E-state index in [1.165, 1.54) is 7.11 Å². The van der Waals surface area contributed by atoms with Gasteiger partial charge in [-0.3, -0.25) is 43.5 Å². The number of rotatable bonds is 25. The van der Waals surface area contributed by atoms with Crippen molar-refractivity contribution in [2.24, 2.45) is 23.7 Å². The number of nitrogens with zero attached hydrogens (tertiary/aromatic N) is 3. The molecule has 5 fully saturated rings. The van der Waals surface area contributed by atoms with Crippen LogP contribution in [0.15, 0.2) is 0 Å². The van der Waals surface area contributed by atoms with E-state index < -0.39 is 5.97 Å². The SMILES string of the molecule is COCCOC(=O)C1CCC(C(=O)OCCN2CCNCC2)CC1.COCCOC(=O)C1CCCCC1C(=O)OCCN1CCNCC1.COCCOC(=O)CCC(=O)OCCN1CCNCC1. The van der Waals surface area contributed by atoms with Crippen molar-refractivity contribution in [1.29, 1.82) is 0 Å². The second-order valence-electron chi connectivity index (χ2n) is 17.4. The minimum atomic E-state index is -0.402. The number of carbonyl (C=O) groups excluding carboxylic acids is 6. The van der Waals surface area contributed by atoms with E-state index >= 15 is 0 Å². The van der Waals surface area contributed by atoms with Crippen LogP contribution < -0.4 is 16.0 Å². The van der Waals surface area contributed by atoms with Crippen LogP contribution in [-0.2, 0) is 71.4 Å². The minimum absolute atomic E-state index is 0.0518. The summed E-state index contributed by atoms with van der Waals surface area (Å²) in [6.07, 6.45) is 6.23. The molecule has 21 heteroatoms. The molecular weight excluding hydrogens is 889 g/mol. The molecule has 0 aromatic rings. The monoisotopic (exact) mass is 973 g/mol. The van der Waals surface area contributed by atoms with Crippen LogP contribution in [0.4, 0.5) is 0 Å². The molecule has 0 aromatic carbocycles. The van der Waals surface area contributed by atoms with E-state index in [9.17, 15) is 28.8 Å². The second-order valence-corrected chi connectivity index (χ2v) is 17.4. The predicted octanol–water partition coefficient (Wildman–Crippen LogP) is 0.266. The van der Waals surface area contributed by atoms with Crippen molar-refractivity contribution in [3.8, 4) is 0 Å². The minimum Gasteiger partial charge on any atom is -0.464 e. The molecule has 2 atom stereocenters. The van der Waals surface area contributed by atoms with Crippen molar-refractivity contribution in [2.75, 3.05) is 179 Å². The summed E-state index contributed by atoms with van der Waals surface area (Å²) in [6, 6.07) is 0. The van der Waals surface area contributed by atoms with Crippen molar-refractivity contribution in [1.82, 2.24) is 30.7 Å². The smallest absolute Gasteiger partial charge is 0.309 e. The number of hydrogen-bond acceptors (Lipinski definition) is 21. The Hall–Kier alpha value is -3.54. The number of nitrogens with one attached hydrogen (secondary N) is 3. The summed E-state index contributed by atoms with van der Waals surface area (Å²) >= 11 is 0. The van der Waals surface area contributed by atoms with Crippen molar-refractivity contribution >= 4 is 35.8 Å². The van der Waals surface area contributed by atoms with Gasteiger partial charge in [0.15, 0.2) is 0 Å².